The van der Waals surface area contributed by atoms with E-state index in [4.69, 9.17) is 34.8 Å². The monoisotopic (exact) mass is 359 g/mol. The van der Waals surface area contributed by atoms with Crippen LogP contribution in [0.3, 0.4) is 0 Å². The average Bonchev–Trinajstić information content (AvgIpc) is 2.44. The first kappa shape index (κ1) is 16.5. The summed E-state index contributed by atoms with van der Waals surface area (Å²) in [6.07, 6.45) is 0. The molecule has 0 heterocycles. The van der Waals surface area contributed by atoms with Crippen molar-refractivity contribution in [2.45, 2.75) is 9.79 Å². The predicted molar refractivity (Wildman–Crippen MR) is 90.1 cm³/mol. The van der Waals surface area contributed by atoms with E-state index in [1.54, 1.807) is 38.4 Å². The fourth-order valence-corrected chi connectivity index (χ4v) is 3.16. The van der Waals surface area contributed by atoms with Gasteiger partial charge in [0.1, 0.15) is 0 Å². The highest BCUT2D eigenvalue weighted by Gasteiger charge is 2.15. The van der Waals surface area contributed by atoms with Crippen LogP contribution in [0.1, 0.15) is 10.4 Å². The SMILES string of the molecule is CN(C)C(=O)c1cc(Cl)ccc1Sc1ccc(Cl)c(Cl)c1. The number of nitrogens with zero attached hydrogens (tertiary/aromatic N) is 1. The Bertz CT molecular complexity index is 689. The lowest BCUT2D eigenvalue weighted by Crippen LogP contribution is -2.22. The van der Waals surface area contributed by atoms with Gasteiger partial charge in [-0.15, -0.1) is 0 Å². The Balaban J connectivity index is 2.39. The molecule has 0 radical (unpaired) electrons. The highest BCUT2D eigenvalue weighted by atomic mass is 35.5. The second kappa shape index (κ2) is 6.93. The van der Waals surface area contributed by atoms with E-state index < -0.39 is 0 Å². The third-order valence-corrected chi connectivity index (χ3v) is 4.74. The summed E-state index contributed by atoms with van der Waals surface area (Å²) in [5, 5.41) is 1.51. The minimum absolute atomic E-state index is 0.0972. The summed E-state index contributed by atoms with van der Waals surface area (Å²) < 4.78 is 0. The summed E-state index contributed by atoms with van der Waals surface area (Å²) in [5.41, 5.74) is 0.559. The fourth-order valence-electron chi connectivity index (χ4n) is 1.67. The number of amides is 1. The number of rotatable bonds is 3. The molecule has 2 nitrogen and oxygen atoms in total. The Labute approximate surface area is 143 Å². The molecule has 0 N–H and O–H groups in total. The van der Waals surface area contributed by atoms with E-state index in [9.17, 15) is 4.79 Å². The molecule has 0 saturated carbocycles. The highest BCUT2D eigenvalue weighted by Crippen LogP contribution is 2.35. The lowest BCUT2D eigenvalue weighted by atomic mass is 10.2. The Kier molecular flexibility index (Phi) is 5.44. The van der Waals surface area contributed by atoms with Gasteiger partial charge in [-0.25, -0.2) is 0 Å². The van der Waals surface area contributed by atoms with Gasteiger partial charge in [-0.3, -0.25) is 4.79 Å². The molecule has 2 rings (SSSR count). The van der Waals surface area contributed by atoms with Crippen molar-refractivity contribution in [1.29, 1.82) is 0 Å². The molecule has 0 saturated heterocycles. The van der Waals surface area contributed by atoms with Gasteiger partial charge in [0.05, 0.1) is 15.6 Å². The first-order valence-electron chi connectivity index (χ1n) is 6.02. The second-order valence-electron chi connectivity index (χ2n) is 4.52. The molecular formula is C15H12Cl3NOS. The van der Waals surface area contributed by atoms with E-state index in [2.05, 4.69) is 0 Å². The molecule has 0 atom stereocenters. The van der Waals surface area contributed by atoms with Crippen LogP contribution in [0.5, 0.6) is 0 Å². The van der Waals surface area contributed by atoms with Crippen molar-refractivity contribution < 1.29 is 4.79 Å². The van der Waals surface area contributed by atoms with E-state index in [1.165, 1.54) is 16.7 Å². The molecule has 0 aliphatic heterocycles. The van der Waals surface area contributed by atoms with Crippen molar-refractivity contribution in [2.24, 2.45) is 0 Å². The maximum atomic E-state index is 12.2. The van der Waals surface area contributed by atoms with Crippen molar-refractivity contribution in [3.63, 3.8) is 0 Å². The molecule has 0 fully saturated rings. The number of benzene rings is 2. The summed E-state index contributed by atoms with van der Waals surface area (Å²) in [4.78, 5) is 15.5. The normalized spacial score (nSPS) is 10.5. The van der Waals surface area contributed by atoms with Crippen LogP contribution in [0.2, 0.25) is 15.1 Å². The topological polar surface area (TPSA) is 20.3 Å². The first-order chi connectivity index (χ1) is 9.88. The molecule has 0 bridgehead atoms. The number of carbonyl (C=O) groups excluding carboxylic acids is 1. The average molecular weight is 361 g/mol. The van der Waals surface area contributed by atoms with Gasteiger partial charge >= 0.3 is 0 Å². The molecule has 0 aliphatic carbocycles. The smallest absolute Gasteiger partial charge is 0.254 e. The van der Waals surface area contributed by atoms with Gasteiger partial charge in [0.25, 0.3) is 5.91 Å². The molecule has 6 heteroatoms. The largest absolute Gasteiger partial charge is 0.345 e. The summed E-state index contributed by atoms with van der Waals surface area (Å²) in [6.45, 7) is 0. The third kappa shape index (κ3) is 4.07. The fraction of sp³-hybridized carbons (Fsp3) is 0.133. The summed E-state index contributed by atoms with van der Waals surface area (Å²) in [7, 11) is 3.41. The number of hydrogen-bond donors (Lipinski definition) is 0. The van der Waals surface area contributed by atoms with Crippen molar-refractivity contribution in [2.75, 3.05) is 14.1 Å². The number of carbonyl (C=O) groups is 1. The molecule has 0 aromatic heterocycles. The van der Waals surface area contributed by atoms with E-state index in [-0.39, 0.29) is 5.91 Å². The maximum absolute atomic E-state index is 12.2. The quantitative estimate of drug-likeness (QED) is 0.720. The van der Waals surface area contributed by atoms with Gasteiger partial charge in [-0.2, -0.15) is 0 Å². The predicted octanol–water partition coefficient (Wildman–Crippen LogP) is 5.50. The molecule has 2 aromatic rings. The lowest BCUT2D eigenvalue weighted by Gasteiger charge is -2.14. The molecule has 0 spiro atoms. The van der Waals surface area contributed by atoms with E-state index >= 15 is 0 Å². The summed E-state index contributed by atoms with van der Waals surface area (Å²) in [6, 6.07) is 10.6. The van der Waals surface area contributed by atoms with Gasteiger partial charge in [0.2, 0.25) is 0 Å². The number of hydrogen-bond acceptors (Lipinski definition) is 2. The number of halogens is 3. The summed E-state index contributed by atoms with van der Waals surface area (Å²) in [5.74, 6) is -0.0972. The minimum atomic E-state index is -0.0972. The summed E-state index contributed by atoms with van der Waals surface area (Å²) >= 11 is 19.4. The van der Waals surface area contributed by atoms with Crippen LogP contribution < -0.4 is 0 Å². The van der Waals surface area contributed by atoms with Crippen LogP contribution in [0.15, 0.2) is 46.2 Å². The van der Waals surface area contributed by atoms with Gasteiger partial charge in [0, 0.05) is 28.9 Å². The van der Waals surface area contributed by atoms with Gasteiger partial charge in [-0.1, -0.05) is 46.6 Å². The van der Waals surface area contributed by atoms with Gasteiger partial charge in [-0.05, 0) is 36.4 Å². The van der Waals surface area contributed by atoms with Crippen molar-refractivity contribution in [3.05, 3.63) is 57.0 Å². The zero-order chi connectivity index (χ0) is 15.6. The van der Waals surface area contributed by atoms with Crippen LogP contribution in [-0.2, 0) is 0 Å². The van der Waals surface area contributed by atoms with E-state index in [1.807, 2.05) is 12.1 Å². The van der Waals surface area contributed by atoms with Crippen LogP contribution in [0, 0.1) is 0 Å². The standard InChI is InChI=1S/C15H12Cl3NOS/c1-19(2)15(20)11-7-9(16)3-6-14(11)21-10-4-5-12(17)13(18)8-10/h3-8H,1-2H3. The Morgan fingerprint density at radius 1 is 1.00 bits per heavy atom. The highest BCUT2D eigenvalue weighted by molar-refractivity contribution is 7.99. The Morgan fingerprint density at radius 2 is 1.71 bits per heavy atom. The molecular weight excluding hydrogens is 349 g/mol. The van der Waals surface area contributed by atoms with Crippen molar-refractivity contribution in [3.8, 4) is 0 Å². The molecule has 0 aliphatic rings. The van der Waals surface area contributed by atoms with E-state index in [0.717, 1.165) is 9.79 Å². The van der Waals surface area contributed by atoms with Crippen molar-refractivity contribution in [1.82, 2.24) is 4.90 Å². The minimum Gasteiger partial charge on any atom is -0.345 e. The van der Waals surface area contributed by atoms with Crippen LogP contribution >= 0.6 is 46.6 Å². The van der Waals surface area contributed by atoms with E-state index in [0.29, 0.717) is 20.6 Å². The Hall–Kier alpha value is -0.870. The third-order valence-electron chi connectivity index (χ3n) is 2.70. The van der Waals surface area contributed by atoms with Gasteiger partial charge in [0.15, 0.2) is 0 Å². The molecule has 1 amide bonds. The van der Waals surface area contributed by atoms with Gasteiger partial charge < -0.3 is 4.90 Å². The molecule has 2 aromatic carbocycles. The molecule has 21 heavy (non-hydrogen) atoms. The Morgan fingerprint density at radius 3 is 2.33 bits per heavy atom. The zero-order valence-electron chi connectivity index (χ0n) is 11.4. The maximum Gasteiger partial charge on any atom is 0.254 e. The molecule has 110 valence electrons. The van der Waals surface area contributed by atoms with Crippen LogP contribution in [0.4, 0.5) is 0 Å². The van der Waals surface area contributed by atoms with Crippen LogP contribution in [-0.4, -0.2) is 24.9 Å². The first-order valence-corrected chi connectivity index (χ1v) is 7.97. The zero-order valence-corrected chi connectivity index (χ0v) is 14.4. The van der Waals surface area contributed by atoms with Crippen molar-refractivity contribution >= 4 is 52.5 Å². The van der Waals surface area contributed by atoms with Crippen LogP contribution in [0.25, 0.3) is 0 Å². The second-order valence-corrected chi connectivity index (χ2v) is 6.88. The lowest BCUT2D eigenvalue weighted by molar-refractivity contribution is 0.0824. The molecule has 0 unspecified atom stereocenters.